The molecule has 0 aliphatic carbocycles. The van der Waals surface area contributed by atoms with Gasteiger partial charge in [-0.2, -0.15) is 0 Å². The summed E-state index contributed by atoms with van der Waals surface area (Å²) in [7, 11) is 0. The van der Waals surface area contributed by atoms with Crippen molar-refractivity contribution in [2.75, 3.05) is 19.7 Å². The summed E-state index contributed by atoms with van der Waals surface area (Å²) >= 11 is 0. The maximum absolute atomic E-state index is 13.1. The lowest BCUT2D eigenvalue weighted by atomic mass is 10.1. The van der Waals surface area contributed by atoms with Gasteiger partial charge >= 0.3 is 12.1 Å². The van der Waals surface area contributed by atoms with E-state index in [1.807, 2.05) is 26.0 Å². The zero-order valence-electron chi connectivity index (χ0n) is 29.7. The molecular formula is C35H54FN5O7. The summed E-state index contributed by atoms with van der Waals surface area (Å²) in [4.78, 5) is 68.7. The molecule has 2 atom stereocenters. The molecule has 1 aliphatic heterocycles. The van der Waals surface area contributed by atoms with E-state index in [4.69, 9.17) is 9.47 Å². The average Bonchev–Trinajstić information content (AvgIpc) is 3.53. The van der Waals surface area contributed by atoms with E-state index in [-0.39, 0.29) is 30.1 Å². The molecule has 48 heavy (non-hydrogen) atoms. The molecule has 1 saturated heterocycles. The minimum atomic E-state index is -0.808. The van der Waals surface area contributed by atoms with Crippen molar-refractivity contribution >= 4 is 34.9 Å². The van der Waals surface area contributed by atoms with E-state index in [1.54, 1.807) is 46.8 Å². The molecule has 1 aromatic heterocycles. The van der Waals surface area contributed by atoms with Crippen molar-refractivity contribution < 1.29 is 33.0 Å². The molecule has 12 nitrogen and oxygen atoms in total. The van der Waals surface area contributed by atoms with Crippen LogP contribution in [0.4, 0.5) is 9.18 Å². The van der Waals surface area contributed by atoms with E-state index in [1.165, 1.54) is 11.0 Å². The van der Waals surface area contributed by atoms with Gasteiger partial charge in [0.05, 0.1) is 12.1 Å². The molecule has 1 aromatic carbocycles. The average molecular weight is 676 g/mol. The van der Waals surface area contributed by atoms with Crippen molar-refractivity contribution in [3.05, 3.63) is 52.2 Å². The van der Waals surface area contributed by atoms with Gasteiger partial charge in [-0.15, -0.1) is 0 Å². The van der Waals surface area contributed by atoms with Crippen molar-refractivity contribution in [3.8, 4) is 0 Å². The van der Waals surface area contributed by atoms with E-state index in [0.29, 0.717) is 37.0 Å². The van der Waals surface area contributed by atoms with Crippen LogP contribution in [0.2, 0.25) is 0 Å². The summed E-state index contributed by atoms with van der Waals surface area (Å²) in [6.45, 7) is 15.0. The van der Waals surface area contributed by atoms with Gasteiger partial charge in [0.1, 0.15) is 41.3 Å². The Hall–Kier alpha value is -4.29. The van der Waals surface area contributed by atoms with Crippen molar-refractivity contribution in [1.29, 1.82) is 0 Å². The molecule has 3 N–H and O–H groups in total. The second kappa shape index (κ2) is 21.6. The molecular weight excluding hydrogens is 621 g/mol. The predicted octanol–water partition coefficient (Wildman–Crippen LogP) is 5.47. The first-order chi connectivity index (χ1) is 22.8. The molecule has 13 heteroatoms. The van der Waals surface area contributed by atoms with Crippen LogP contribution in [0, 0.1) is 12.7 Å². The van der Waals surface area contributed by atoms with Crippen LogP contribution < -0.4 is 16.2 Å². The number of carbonyl (C=O) groups excluding carboxylic acids is 4. The number of unbranched alkanes of at least 4 members (excludes halogenated alkanes) is 3. The number of aromatic amines is 1. The van der Waals surface area contributed by atoms with E-state index < -0.39 is 41.5 Å². The van der Waals surface area contributed by atoms with Gasteiger partial charge in [-0.05, 0) is 78.9 Å². The van der Waals surface area contributed by atoms with Gasteiger partial charge in [-0.3, -0.25) is 14.4 Å². The zero-order valence-corrected chi connectivity index (χ0v) is 29.7. The lowest BCUT2D eigenvalue weighted by Crippen LogP contribution is -2.52. The summed E-state index contributed by atoms with van der Waals surface area (Å²) in [5, 5.41) is 5.19. The van der Waals surface area contributed by atoms with Gasteiger partial charge in [0.2, 0.25) is 11.8 Å². The number of halogens is 1. The van der Waals surface area contributed by atoms with Crippen molar-refractivity contribution in [2.24, 2.45) is 0 Å². The number of rotatable bonds is 12. The number of carbonyl (C=O) groups is 4. The van der Waals surface area contributed by atoms with Gasteiger partial charge in [0.25, 0.3) is 5.56 Å². The fourth-order valence-electron chi connectivity index (χ4n) is 4.65. The third-order valence-electron chi connectivity index (χ3n) is 6.91. The highest BCUT2D eigenvalue weighted by atomic mass is 19.1. The molecule has 3 amide bonds. The van der Waals surface area contributed by atoms with Gasteiger partial charge in [-0.1, -0.05) is 51.8 Å². The fraction of sp³-hybridized carbons (Fsp3) is 0.600. The number of aromatic nitrogens is 2. The monoisotopic (exact) mass is 675 g/mol. The molecule has 1 aliphatic rings. The quantitative estimate of drug-likeness (QED) is 0.152. The largest absolute Gasteiger partial charge is 0.464 e. The predicted molar refractivity (Wildman–Crippen MR) is 184 cm³/mol. The van der Waals surface area contributed by atoms with Crippen LogP contribution in [0.3, 0.4) is 0 Å². The normalized spacial score (nSPS) is 14.7. The molecule has 2 heterocycles. The summed E-state index contributed by atoms with van der Waals surface area (Å²) in [6.07, 6.45) is 9.00. The minimum Gasteiger partial charge on any atom is -0.464 e. The Morgan fingerprint density at radius 1 is 1.15 bits per heavy atom. The topological polar surface area (TPSA) is 160 Å². The van der Waals surface area contributed by atoms with Gasteiger partial charge in [-0.25, -0.2) is 19.0 Å². The first kappa shape index (κ1) is 41.7. The lowest BCUT2D eigenvalue weighted by Gasteiger charge is -2.26. The van der Waals surface area contributed by atoms with Crippen LogP contribution in [-0.2, 0) is 23.9 Å². The number of ether oxygens (including phenoxy) is 2. The highest BCUT2D eigenvalue weighted by Gasteiger charge is 2.36. The number of aryl methyl sites for hydroxylation is 1. The second-order valence-electron chi connectivity index (χ2n) is 11.9. The number of alkyl carbamates (subject to hydrolysis) is 1. The van der Waals surface area contributed by atoms with Gasteiger partial charge in [0, 0.05) is 6.54 Å². The van der Waals surface area contributed by atoms with Crippen LogP contribution in [-0.4, -0.2) is 76.1 Å². The number of hydrogen-bond acceptors (Lipinski definition) is 8. The Morgan fingerprint density at radius 2 is 1.85 bits per heavy atom. The molecule has 3 rings (SSSR count). The number of likely N-dealkylation sites (tertiary alicyclic amines) is 1. The Labute approximate surface area is 283 Å². The van der Waals surface area contributed by atoms with E-state index in [0.717, 1.165) is 25.7 Å². The fourth-order valence-corrected chi connectivity index (χ4v) is 4.65. The molecule has 0 radical (unpaired) electrons. The van der Waals surface area contributed by atoms with Crippen molar-refractivity contribution in [2.45, 2.75) is 118 Å². The van der Waals surface area contributed by atoms with Crippen LogP contribution in [0.25, 0.3) is 11.0 Å². The van der Waals surface area contributed by atoms with Crippen molar-refractivity contribution in [1.82, 2.24) is 25.5 Å². The minimum absolute atomic E-state index is 0.165. The number of hydrogen-bond donors (Lipinski definition) is 3. The number of para-hydroxylation sites is 1. The first-order valence-corrected chi connectivity index (χ1v) is 16.8. The molecule has 1 fully saturated rings. The maximum Gasteiger partial charge on any atom is 0.408 e. The third-order valence-corrected chi connectivity index (χ3v) is 6.91. The summed E-state index contributed by atoms with van der Waals surface area (Å²) in [5.41, 5.74) is -0.0404. The number of allylic oxidation sites excluding steroid dienone is 1. The van der Waals surface area contributed by atoms with Crippen LogP contribution in [0.1, 0.15) is 99.1 Å². The van der Waals surface area contributed by atoms with E-state index in [2.05, 4.69) is 27.5 Å². The number of nitrogens with one attached hydrogen (secondary N) is 3. The summed E-state index contributed by atoms with van der Waals surface area (Å²) < 4.78 is 23.3. The standard InChI is InChI=1S/C24H41N3O6.C9H7FN2O.C2H6/c1-6-8-9-10-11-12-14-18(22(30)32-7-2)26-21(29)19-15-13-16-27(19)20(28)17-25-23(31)33-24(3,4)5;1-5-9(13)12-8-6(10)3-2-4-7(8)11-5;1-2/h11-12,18-19H,6-10,13-17H2,1-5H3,(H,25,31)(H,26,29);2-4H,1H3,(H,12,13);1-2H3/b12-11-;;. The number of benzene rings is 1. The molecule has 0 bridgehead atoms. The van der Waals surface area contributed by atoms with E-state index >= 15 is 0 Å². The third kappa shape index (κ3) is 14.6. The Balaban J connectivity index is 0.000000629. The van der Waals surface area contributed by atoms with Crippen LogP contribution in [0.15, 0.2) is 35.1 Å². The number of esters is 1. The lowest BCUT2D eigenvalue weighted by molar-refractivity contribution is -0.148. The first-order valence-electron chi connectivity index (χ1n) is 16.8. The Morgan fingerprint density at radius 3 is 2.50 bits per heavy atom. The Bertz CT molecular complexity index is 1420. The van der Waals surface area contributed by atoms with E-state index in [9.17, 15) is 28.4 Å². The van der Waals surface area contributed by atoms with Crippen LogP contribution >= 0.6 is 0 Å². The molecule has 0 saturated carbocycles. The number of nitrogens with zero attached hydrogens (tertiary/aromatic N) is 2. The number of amides is 3. The molecule has 2 unspecified atom stereocenters. The molecule has 268 valence electrons. The number of fused-ring (bicyclic) bond motifs is 1. The smallest absolute Gasteiger partial charge is 0.408 e. The SMILES string of the molecule is CC.CCCCC/C=C\CC(NC(=O)C1CCCN1C(=O)CNC(=O)OC(C)(C)C)C(=O)OCC.Cc1nc2cccc(F)c2[nH]c1=O. The Kier molecular flexibility index (Phi) is 18.7. The highest BCUT2D eigenvalue weighted by Crippen LogP contribution is 2.18. The summed E-state index contributed by atoms with van der Waals surface area (Å²) in [5.74, 6) is -1.72. The second-order valence-corrected chi connectivity index (χ2v) is 11.9. The van der Waals surface area contributed by atoms with Crippen LogP contribution in [0.5, 0.6) is 0 Å². The maximum atomic E-state index is 13.1. The highest BCUT2D eigenvalue weighted by molar-refractivity contribution is 5.92. The van der Waals surface area contributed by atoms with Crippen molar-refractivity contribution in [3.63, 3.8) is 0 Å². The summed E-state index contributed by atoms with van der Waals surface area (Å²) in [6, 6.07) is 3.00. The molecule has 0 spiro atoms. The van der Waals surface area contributed by atoms with Gasteiger partial charge < -0.3 is 30.0 Å². The van der Waals surface area contributed by atoms with Gasteiger partial charge in [0.15, 0.2) is 0 Å². The zero-order chi connectivity index (χ0) is 36.3. The number of H-pyrrole nitrogens is 1. The molecule has 2 aromatic rings.